The Morgan fingerprint density at radius 3 is 2.70 bits per heavy atom. The van der Waals surface area contributed by atoms with Gasteiger partial charge in [-0.05, 0) is 41.7 Å². The third kappa shape index (κ3) is 2.42. The van der Waals surface area contributed by atoms with Crippen molar-refractivity contribution in [2.45, 2.75) is 18.8 Å². The van der Waals surface area contributed by atoms with Gasteiger partial charge >= 0.3 is 0 Å². The third-order valence-electron chi connectivity index (χ3n) is 3.81. The third-order valence-corrected chi connectivity index (χ3v) is 3.81. The van der Waals surface area contributed by atoms with Gasteiger partial charge in [0, 0.05) is 0 Å². The summed E-state index contributed by atoms with van der Waals surface area (Å²) in [7, 11) is 0. The molecule has 0 saturated heterocycles. The first-order valence-corrected chi connectivity index (χ1v) is 6.77. The van der Waals surface area contributed by atoms with Crippen LogP contribution in [0.3, 0.4) is 0 Å². The van der Waals surface area contributed by atoms with Crippen molar-refractivity contribution in [1.82, 2.24) is 0 Å². The lowest BCUT2D eigenvalue weighted by Crippen LogP contribution is -2.13. The summed E-state index contributed by atoms with van der Waals surface area (Å²) in [6.07, 6.45) is 4.71. The molecule has 20 heavy (non-hydrogen) atoms. The second kappa shape index (κ2) is 5.41. The fourth-order valence-electron chi connectivity index (χ4n) is 2.83. The van der Waals surface area contributed by atoms with Crippen molar-refractivity contribution in [3.05, 3.63) is 76.6 Å². The van der Waals surface area contributed by atoms with E-state index in [0.717, 1.165) is 35.8 Å². The highest BCUT2D eigenvalue weighted by Gasteiger charge is 2.23. The van der Waals surface area contributed by atoms with Crippen LogP contribution in [0, 0.1) is 5.82 Å². The molecular formula is C18H15FO. The van der Waals surface area contributed by atoms with Crippen LogP contribution in [0.15, 0.2) is 54.1 Å². The van der Waals surface area contributed by atoms with Crippen LogP contribution in [0.2, 0.25) is 0 Å². The molecule has 1 unspecified atom stereocenters. The van der Waals surface area contributed by atoms with E-state index in [9.17, 15) is 9.18 Å². The van der Waals surface area contributed by atoms with Crippen molar-refractivity contribution in [3.63, 3.8) is 0 Å². The average Bonchev–Trinajstić information content (AvgIpc) is 2.47. The highest BCUT2D eigenvalue weighted by Crippen LogP contribution is 2.35. The fraction of sp³-hybridized carbons (Fsp3) is 0.167. The molecule has 0 fully saturated rings. The Kier molecular flexibility index (Phi) is 3.46. The van der Waals surface area contributed by atoms with Crippen LogP contribution in [0.1, 0.15) is 29.0 Å². The lowest BCUT2D eigenvalue weighted by molar-refractivity contribution is -0.108. The number of carbonyl (C=O) groups is 1. The lowest BCUT2D eigenvalue weighted by atomic mass is 9.79. The topological polar surface area (TPSA) is 17.1 Å². The van der Waals surface area contributed by atoms with Crippen molar-refractivity contribution in [2.24, 2.45) is 0 Å². The number of rotatable bonds is 2. The van der Waals surface area contributed by atoms with Crippen molar-refractivity contribution < 1.29 is 9.18 Å². The summed E-state index contributed by atoms with van der Waals surface area (Å²) in [5.41, 5.74) is 4.19. The van der Waals surface area contributed by atoms with E-state index in [0.29, 0.717) is 0 Å². The van der Waals surface area contributed by atoms with Gasteiger partial charge in [-0.15, -0.1) is 0 Å². The van der Waals surface area contributed by atoms with Gasteiger partial charge in [0.25, 0.3) is 0 Å². The quantitative estimate of drug-likeness (QED) is 0.747. The van der Waals surface area contributed by atoms with Crippen LogP contribution in [-0.4, -0.2) is 6.29 Å². The molecule has 0 spiro atoms. The second-order valence-corrected chi connectivity index (χ2v) is 5.09. The van der Waals surface area contributed by atoms with Gasteiger partial charge in [-0.2, -0.15) is 0 Å². The summed E-state index contributed by atoms with van der Waals surface area (Å²) >= 11 is 0. The molecule has 1 aliphatic carbocycles. The van der Waals surface area contributed by atoms with E-state index in [1.54, 1.807) is 6.07 Å². The Labute approximate surface area is 117 Å². The van der Waals surface area contributed by atoms with Gasteiger partial charge in [0.2, 0.25) is 0 Å². The van der Waals surface area contributed by atoms with E-state index in [4.69, 9.17) is 0 Å². The van der Waals surface area contributed by atoms with E-state index < -0.39 is 0 Å². The molecule has 2 aromatic carbocycles. The number of fused-ring (bicyclic) bond motifs is 1. The molecule has 1 atom stereocenters. The van der Waals surface area contributed by atoms with Crippen LogP contribution in [0.5, 0.6) is 0 Å². The first-order valence-electron chi connectivity index (χ1n) is 6.77. The summed E-state index contributed by atoms with van der Waals surface area (Å²) in [5.74, 6) is -0.457. The number of aryl methyl sites for hydroxylation is 1. The SMILES string of the molecule is O=CC1C(=Cc2cccc(F)c2)CCc2ccccc21. The maximum atomic E-state index is 13.2. The Morgan fingerprint density at radius 2 is 1.90 bits per heavy atom. The molecule has 1 aliphatic rings. The number of benzene rings is 2. The normalized spacial score (nSPS) is 19.6. The number of hydrogen-bond acceptors (Lipinski definition) is 1. The molecule has 0 aromatic heterocycles. The minimum absolute atomic E-state index is 0.205. The zero-order valence-corrected chi connectivity index (χ0v) is 11.1. The Hall–Kier alpha value is -2.22. The molecule has 0 bridgehead atoms. The van der Waals surface area contributed by atoms with E-state index in [2.05, 4.69) is 6.07 Å². The minimum Gasteiger partial charge on any atom is -0.302 e. The molecule has 2 aromatic rings. The zero-order valence-electron chi connectivity index (χ0n) is 11.1. The van der Waals surface area contributed by atoms with Crippen LogP contribution in [0.25, 0.3) is 6.08 Å². The number of hydrogen-bond donors (Lipinski definition) is 0. The Morgan fingerprint density at radius 1 is 1.05 bits per heavy atom. The molecule has 0 amide bonds. The predicted molar refractivity (Wildman–Crippen MR) is 77.9 cm³/mol. The summed E-state index contributed by atoms with van der Waals surface area (Å²) < 4.78 is 13.2. The highest BCUT2D eigenvalue weighted by molar-refractivity contribution is 5.74. The van der Waals surface area contributed by atoms with Gasteiger partial charge < -0.3 is 4.79 Å². The molecule has 0 radical (unpaired) electrons. The number of halogens is 1. The van der Waals surface area contributed by atoms with Crippen molar-refractivity contribution in [3.8, 4) is 0 Å². The molecule has 0 aliphatic heterocycles. The molecule has 0 N–H and O–H groups in total. The van der Waals surface area contributed by atoms with Gasteiger partial charge in [-0.3, -0.25) is 0 Å². The van der Waals surface area contributed by atoms with Crippen molar-refractivity contribution in [1.29, 1.82) is 0 Å². The summed E-state index contributed by atoms with van der Waals surface area (Å²) in [4.78, 5) is 11.5. The fourth-order valence-corrected chi connectivity index (χ4v) is 2.83. The van der Waals surface area contributed by atoms with Crippen molar-refractivity contribution in [2.75, 3.05) is 0 Å². The van der Waals surface area contributed by atoms with Crippen molar-refractivity contribution >= 4 is 12.4 Å². The van der Waals surface area contributed by atoms with Crippen LogP contribution in [0.4, 0.5) is 4.39 Å². The molecule has 3 rings (SSSR count). The van der Waals surface area contributed by atoms with Crippen LogP contribution < -0.4 is 0 Å². The van der Waals surface area contributed by atoms with Crippen LogP contribution in [-0.2, 0) is 11.2 Å². The number of aldehydes is 1. The minimum atomic E-state index is -0.252. The van der Waals surface area contributed by atoms with Gasteiger partial charge in [-0.25, -0.2) is 4.39 Å². The zero-order chi connectivity index (χ0) is 13.9. The summed E-state index contributed by atoms with van der Waals surface area (Å²) in [6, 6.07) is 14.5. The number of carbonyl (C=O) groups excluding carboxylic acids is 1. The van der Waals surface area contributed by atoms with Gasteiger partial charge in [-0.1, -0.05) is 48.0 Å². The van der Waals surface area contributed by atoms with Gasteiger partial charge in [0.05, 0.1) is 5.92 Å². The molecular weight excluding hydrogens is 251 g/mol. The molecule has 0 heterocycles. The predicted octanol–water partition coefficient (Wildman–Crippen LogP) is 4.14. The average molecular weight is 266 g/mol. The van der Waals surface area contributed by atoms with E-state index in [-0.39, 0.29) is 11.7 Å². The first-order chi connectivity index (χ1) is 9.78. The largest absolute Gasteiger partial charge is 0.302 e. The molecule has 1 nitrogen and oxygen atoms in total. The first kappa shape index (κ1) is 12.8. The summed E-state index contributed by atoms with van der Waals surface area (Å²) in [6.45, 7) is 0. The second-order valence-electron chi connectivity index (χ2n) is 5.09. The van der Waals surface area contributed by atoms with Gasteiger partial charge in [0.1, 0.15) is 12.1 Å². The maximum absolute atomic E-state index is 13.2. The number of allylic oxidation sites excluding steroid dienone is 1. The van der Waals surface area contributed by atoms with Crippen LogP contribution >= 0.6 is 0 Å². The lowest BCUT2D eigenvalue weighted by Gasteiger charge is -2.24. The standard InChI is InChI=1S/C18H15FO/c19-16-6-3-4-13(11-16)10-15-9-8-14-5-1-2-7-17(14)18(15)12-20/h1-7,10-12,18H,8-9H2. The Balaban J connectivity index is 2.01. The molecule has 0 saturated carbocycles. The molecule has 2 heteroatoms. The molecule has 100 valence electrons. The Bertz CT molecular complexity index is 673. The monoisotopic (exact) mass is 266 g/mol. The van der Waals surface area contributed by atoms with E-state index >= 15 is 0 Å². The highest BCUT2D eigenvalue weighted by atomic mass is 19.1. The van der Waals surface area contributed by atoms with E-state index in [1.165, 1.54) is 17.7 Å². The van der Waals surface area contributed by atoms with E-state index in [1.807, 2.05) is 30.3 Å². The summed E-state index contributed by atoms with van der Waals surface area (Å²) in [5, 5.41) is 0. The van der Waals surface area contributed by atoms with Gasteiger partial charge in [0.15, 0.2) is 0 Å². The smallest absolute Gasteiger partial charge is 0.131 e. The maximum Gasteiger partial charge on any atom is 0.131 e.